The number of rotatable bonds is 12. The SMILES string of the molecule is CCOc1cc(/C=N\NC(=O)CNc2ccc(C)c(C)c2)ccc1OCC(=O)Nc1ccc(C23CC4CC(CC(C4)C2)C3)cc1. The topological polar surface area (TPSA) is 101 Å². The van der Waals surface area contributed by atoms with Crippen molar-refractivity contribution in [3.05, 3.63) is 82.9 Å². The second-order valence-electron chi connectivity index (χ2n) is 13.2. The largest absolute Gasteiger partial charge is 0.490 e. The molecule has 4 bridgehead atoms. The van der Waals surface area contributed by atoms with E-state index in [0.29, 0.717) is 23.5 Å². The molecule has 2 amide bonds. The van der Waals surface area contributed by atoms with Gasteiger partial charge in [-0.2, -0.15) is 5.10 Å². The van der Waals surface area contributed by atoms with Gasteiger partial charge < -0.3 is 20.1 Å². The molecule has 45 heavy (non-hydrogen) atoms. The molecule has 0 atom stereocenters. The van der Waals surface area contributed by atoms with Crippen molar-refractivity contribution in [2.24, 2.45) is 22.9 Å². The third kappa shape index (κ3) is 7.32. The molecule has 7 rings (SSSR count). The van der Waals surface area contributed by atoms with Crippen LogP contribution in [-0.2, 0) is 15.0 Å². The van der Waals surface area contributed by atoms with Crippen molar-refractivity contribution in [1.29, 1.82) is 0 Å². The fourth-order valence-corrected chi connectivity index (χ4v) is 7.96. The van der Waals surface area contributed by atoms with Crippen molar-refractivity contribution in [1.82, 2.24) is 5.43 Å². The van der Waals surface area contributed by atoms with E-state index in [1.807, 2.05) is 51.1 Å². The number of anilines is 2. The minimum Gasteiger partial charge on any atom is -0.490 e. The zero-order valence-electron chi connectivity index (χ0n) is 26.5. The molecule has 236 valence electrons. The molecule has 0 aliphatic heterocycles. The third-order valence-electron chi connectivity index (χ3n) is 9.81. The summed E-state index contributed by atoms with van der Waals surface area (Å²) in [6.45, 7) is 6.36. The van der Waals surface area contributed by atoms with Crippen molar-refractivity contribution in [2.75, 3.05) is 30.4 Å². The Labute approximate surface area is 266 Å². The summed E-state index contributed by atoms with van der Waals surface area (Å²) < 4.78 is 11.6. The lowest BCUT2D eigenvalue weighted by Crippen LogP contribution is -2.48. The highest BCUT2D eigenvalue weighted by Crippen LogP contribution is 2.60. The summed E-state index contributed by atoms with van der Waals surface area (Å²) in [6, 6.07) is 19.8. The summed E-state index contributed by atoms with van der Waals surface area (Å²) in [4.78, 5) is 25.0. The van der Waals surface area contributed by atoms with Gasteiger partial charge in [0.25, 0.3) is 11.8 Å². The fourth-order valence-electron chi connectivity index (χ4n) is 7.96. The summed E-state index contributed by atoms with van der Waals surface area (Å²) >= 11 is 0. The maximum absolute atomic E-state index is 12.8. The summed E-state index contributed by atoms with van der Waals surface area (Å²) in [7, 11) is 0. The molecule has 4 fully saturated rings. The monoisotopic (exact) mass is 608 g/mol. The maximum Gasteiger partial charge on any atom is 0.262 e. The number of nitrogens with one attached hydrogen (secondary N) is 3. The van der Waals surface area contributed by atoms with Crippen LogP contribution < -0.4 is 25.5 Å². The van der Waals surface area contributed by atoms with Crippen molar-refractivity contribution >= 4 is 29.4 Å². The average molecular weight is 609 g/mol. The minimum absolute atomic E-state index is 0.102. The van der Waals surface area contributed by atoms with E-state index >= 15 is 0 Å². The number of nitrogens with zero attached hydrogens (tertiary/aromatic N) is 1. The van der Waals surface area contributed by atoms with Crippen LogP contribution in [0.1, 0.15) is 67.7 Å². The first-order chi connectivity index (χ1) is 21.8. The van der Waals surface area contributed by atoms with Gasteiger partial charge in [-0.05, 0) is 147 Å². The van der Waals surface area contributed by atoms with E-state index in [2.05, 4.69) is 33.3 Å². The van der Waals surface area contributed by atoms with E-state index in [1.54, 1.807) is 24.4 Å². The highest BCUT2D eigenvalue weighted by Gasteiger charge is 2.51. The lowest BCUT2D eigenvalue weighted by Gasteiger charge is -2.57. The van der Waals surface area contributed by atoms with E-state index < -0.39 is 0 Å². The molecule has 0 unspecified atom stereocenters. The predicted octanol–water partition coefficient (Wildman–Crippen LogP) is 6.75. The van der Waals surface area contributed by atoms with Crippen LogP contribution in [0, 0.1) is 31.6 Å². The molecule has 4 aliphatic rings. The molecule has 0 aromatic heterocycles. The highest BCUT2D eigenvalue weighted by molar-refractivity contribution is 5.92. The molecular weight excluding hydrogens is 564 g/mol. The smallest absolute Gasteiger partial charge is 0.262 e. The molecule has 3 aromatic rings. The van der Waals surface area contributed by atoms with Crippen LogP contribution in [0.3, 0.4) is 0 Å². The number of hydrazone groups is 1. The molecule has 0 heterocycles. The van der Waals surface area contributed by atoms with Gasteiger partial charge in [0.15, 0.2) is 18.1 Å². The van der Waals surface area contributed by atoms with Crippen LogP contribution in [0.15, 0.2) is 65.8 Å². The molecule has 3 N–H and O–H groups in total. The Morgan fingerprint density at radius 3 is 2.18 bits per heavy atom. The van der Waals surface area contributed by atoms with Gasteiger partial charge in [-0.15, -0.1) is 0 Å². The number of aryl methyl sites for hydroxylation is 2. The van der Waals surface area contributed by atoms with Gasteiger partial charge in [0.2, 0.25) is 0 Å². The Balaban J connectivity index is 0.986. The quantitative estimate of drug-likeness (QED) is 0.156. The highest BCUT2D eigenvalue weighted by atomic mass is 16.5. The van der Waals surface area contributed by atoms with Crippen LogP contribution in [-0.4, -0.2) is 37.8 Å². The van der Waals surface area contributed by atoms with E-state index in [4.69, 9.17) is 9.47 Å². The van der Waals surface area contributed by atoms with Crippen LogP contribution in [0.25, 0.3) is 0 Å². The van der Waals surface area contributed by atoms with Crippen molar-refractivity contribution in [2.45, 2.75) is 64.7 Å². The van der Waals surface area contributed by atoms with Crippen LogP contribution in [0.2, 0.25) is 0 Å². The molecule has 8 nitrogen and oxygen atoms in total. The second-order valence-corrected chi connectivity index (χ2v) is 13.2. The molecule has 0 saturated heterocycles. The normalized spacial score (nSPS) is 23.1. The predicted molar refractivity (Wildman–Crippen MR) is 178 cm³/mol. The lowest BCUT2D eigenvalue weighted by molar-refractivity contribution is -0.119. The Morgan fingerprint density at radius 1 is 0.822 bits per heavy atom. The van der Waals surface area contributed by atoms with Gasteiger partial charge in [-0.1, -0.05) is 18.2 Å². The summed E-state index contributed by atoms with van der Waals surface area (Å²) in [5.74, 6) is 3.17. The van der Waals surface area contributed by atoms with Crippen LogP contribution in [0.4, 0.5) is 11.4 Å². The molecule has 4 aliphatic carbocycles. The number of benzene rings is 3. The zero-order chi connectivity index (χ0) is 31.4. The van der Waals surface area contributed by atoms with Crippen LogP contribution >= 0.6 is 0 Å². The summed E-state index contributed by atoms with van der Waals surface area (Å²) in [5.41, 5.74) is 9.06. The molecule has 0 spiro atoms. The number of carbonyl (C=O) groups excluding carboxylic acids is 2. The second kappa shape index (κ2) is 13.3. The van der Waals surface area contributed by atoms with Gasteiger partial charge in [0.05, 0.1) is 19.4 Å². The van der Waals surface area contributed by atoms with Gasteiger partial charge in [-0.3, -0.25) is 9.59 Å². The molecule has 4 saturated carbocycles. The number of hydrogen-bond donors (Lipinski definition) is 3. The van der Waals surface area contributed by atoms with Crippen LogP contribution in [0.5, 0.6) is 11.5 Å². The summed E-state index contributed by atoms with van der Waals surface area (Å²) in [6.07, 6.45) is 9.81. The molecule has 3 aromatic carbocycles. The first kappa shape index (κ1) is 30.7. The van der Waals surface area contributed by atoms with Crippen molar-refractivity contribution in [3.63, 3.8) is 0 Å². The fraction of sp³-hybridized carbons (Fsp3) is 0.432. The Bertz CT molecular complexity index is 1530. The number of carbonyl (C=O) groups is 2. The van der Waals surface area contributed by atoms with E-state index in [9.17, 15) is 9.59 Å². The maximum atomic E-state index is 12.8. The number of hydrogen-bond acceptors (Lipinski definition) is 6. The van der Waals surface area contributed by atoms with Crippen molar-refractivity contribution in [3.8, 4) is 11.5 Å². The minimum atomic E-state index is -0.261. The first-order valence-corrected chi connectivity index (χ1v) is 16.2. The Morgan fingerprint density at radius 2 is 1.51 bits per heavy atom. The van der Waals surface area contributed by atoms with E-state index in [1.165, 1.54) is 49.7 Å². The lowest BCUT2D eigenvalue weighted by atomic mass is 9.48. The van der Waals surface area contributed by atoms with E-state index in [-0.39, 0.29) is 25.0 Å². The van der Waals surface area contributed by atoms with Gasteiger partial charge >= 0.3 is 0 Å². The number of amides is 2. The Hall–Kier alpha value is -4.33. The van der Waals surface area contributed by atoms with Crippen molar-refractivity contribution < 1.29 is 19.1 Å². The van der Waals surface area contributed by atoms with Gasteiger partial charge in [-0.25, -0.2) is 5.43 Å². The van der Waals surface area contributed by atoms with Gasteiger partial charge in [0.1, 0.15) is 0 Å². The molecular formula is C37H44N4O4. The third-order valence-corrected chi connectivity index (χ3v) is 9.81. The van der Waals surface area contributed by atoms with Gasteiger partial charge in [0, 0.05) is 11.4 Å². The standard InChI is InChI=1S/C37H44N4O4/c1-4-44-34-17-26(21-39-41-35(42)22-38-32-9-5-24(2)25(3)13-32)6-12-33(34)45-23-36(43)40-31-10-7-30(8-11-31)37-18-27-14-28(19-37)16-29(15-27)20-37/h5-13,17,21,27-29,38H,4,14-16,18-20,22-23H2,1-3H3,(H,40,43)(H,41,42)/b39-21-. The zero-order valence-corrected chi connectivity index (χ0v) is 26.5. The average Bonchev–Trinajstić information content (AvgIpc) is 3.01. The van der Waals surface area contributed by atoms with E-state index in [0.717, 1.165) is 40.3 Å². The summed E-state index contributed by atoms with van der Waals surface area (Å²) in [5, 5.41) is 10.1. The number of ether oxygens (including phenoxy) is 2. The first-order valence-electron chi connectivity index (χ1n) is 16.2. The molecule has 0 radical (unpaired) electrons. The molecule has 8 heteroatoms. The Kier molecular flexibility index (Phi) is 9.10.